The number of hydrogen-bond acceptors (Lipinski definition) is 4. The number of carbonyl (C=O) groups is 2. The van der Waals surface area contributed by atoms with Gasteiger partial charge < -0.3 is 9.47 Å². The minimum absolute atomic E-state index is 0.0378. The summed E-state index contributed by atoms with van der Waals surface area (Å²) in [6, 6.07) is 0. The lowest BCUT2D eigenvalue weighted by atomic mass is 9.93. The number of allylic oxidation sites excluding steroid dienone is 6. The van der Waals surface area contributed by atoms with Gasteiger partial charge in [0.2, 0.25) is 0 Å². The molecule has 0 amide bonds. The van der Waals surface area contributed by atoms with Gasteiger partial charge in [-0.25, -0.2) is 0 Å². The monoisotopic (exact) mass is 420 g/mol. The zero-order valence-corrected chi connectivity index (χ0v) is 20.5. The summed E-state index contributed by atoms with van der Waals surface area (Å²) in [5.41, 5.74) is 4.20. The fraction of sp³-hybridized carbons (Fsp3) is 0.692. The molecule has 2 atom stereocenters. The lowest BCUT2D eigenvalue weighted by Gasteiger charge is -2.19. The summed E-state index contributed by atoms with van der Waals surface area (Å²) in [5, 5.41) is 0. The molecule has 4 heteroatoms. The third-order valence-electron chi connectivity index (χ3n) is 5.22. The van der Waals surface area contributed by atoms with Crippen molar-refractivity contribution in [3.63, 3.8) is 0 Å². The molecule has 0 saturated carbocycles. The maximum absolute atomic E-state index is 12.1. The Labute approximate surface area is 184 Å². The molecule has 0 heterocycles. The lowest BCUT2D eigenvalue weighted by molar-refractivity contribution is -0.157. The van der Waals surface area contributed by atoms with E-state index in [1.165, 1.54) is 23.8 Å². The van der Waals surface area contributed by atoms with Crippen molar-refractivity contribution in [2.75, 3.05) is 7.11 Å². The van der Waals surface area contributed by atoms with Crippen LogP contribution in [0.15, 0.2) is 34.9 Å². The van der Waals surface area contributed by atoms with Gasteiger partial charge in [0.1, 0.15) is 0 Å². The van der Waals surface area contributed by atoms with E-state index in [0.717, 1.165) is 38.5 Å². The predicted octanol–water partition coefficient (Wildman–Crippen LogP) is 6.95. The van der Waals surface area contributed by atoms with Crippen molar-refractivity contribution in [1.82, 2.24) is 0 Å². The van der Waals surface area contributed by atoms with Gasteiger partial charge in [0.05, 0.1) is 25.6 Å². The zero-order chi connectivity index (χ0) is 23.1. The molecular weight excluding hydrogens is 376 g/mol. The summed E-state index contributed by atoms with van der Waals surface area (Å²) in [5.74, 6) is -1.10. The lowest BCUT2D eigenvalue weighted by Crippen LogP contribution is -2.27. The van der Waals surface area contributed by atoms with E-state index in [2.05, 4.69) is 45.9 Å². The van der Waals surface area contributed by atoms with Gasteiger partial charge in [0.25, 0.3) is 0 Å². The Bertz CT molecular complexity index is 607. The van der Waals surface area contributed by atoms with Crippen molar-refractivity contribution in [2.24, 2.45) is 11.8 Å². The van der Waals surface area contributed by atoms with Gasteiger partial charge >= 0.3 is 11.9 Å². The minimum atomic E-state index is -0.449. The summed E-state index contributed by atoms with van der Waals surface area (Å²) in [7, 11) is 1.35. The molecule has 0 saturated heterocycles. The second-order valence-corrected chi connectivity index (χ2v) is 8.92. The Morgan fingerprint density at radius 2 is 1.37 bits per heavy atom. The Balaban J connectivity index is 4.24. The molecule has 0 bridgehead atoms. The Morgan fingerprint density at radius 3 is 1.87 bits per heavy atom. The smallest absolute Gasteiger partial charge is 0.309 e. The van der Waals surface area contributed by atoms with E-state index in [9.17, 15) is 9.59 Å². The minimum Gasteiger partial charge on any atom is -0.469 e. The fourth-order valence-corrected chi connectivity index (χ4v) is 3.16. The largest absolute Gasteiger partial charge is 0.469 e. The van der Waals surface area contributed by atoms with Crippen molar-refractivity contribution < 1.29 is 19.1 Å². The topological polar surface area (TPSA) is 52.6 Å². The van der Waals surface area contributed by atoms with E-state index >= 15 is 0 Å². The molecule has 0 fully saturated rings. The van der Waals surface area contributed by atoms with Crippen LogP contribution in [-0.2, 0) is 19.1 Å². The van der Waals surface area contributed by atoms with Crippen LogP contribution in [0.5, 0.6) is 0 Å². The standard InChI is InChI=1S/C26H44O4/c1-19(2)12-9-13-21(5)14-10-15-22(6)16-11-17-23(7)30-25(27)18-24(20(3)4)26(28)29-8/h12,14,16,20,23-24H,9-11,13,15,17-18H2,1-8H3/b21-14+,22-16+/t23?,24-/m0/s1. The highest BCUT2D eigenvalue weighted by atomic mass is 16.5. The molecule has 0 spiro atoms. The number of ether oxygens (including phenoxy) is 2. The second kappa shape index (κ2) is 15.9. The molecule has 0 radical (unpaired) electrons. The van der Waals surface area contributed by atoms with Crippen molar-refractivity contribution in [3.8, 4) is 0 Å². The first kappa shape index (κ1) is 28.2. The summed E-state index contributed by atoms with van der Waals surface area (Å²) in [6.07, 6.45) is 12.8. The summed E-state index contributed by atoms with van der Waals surface area (Å²) in [6.45, 7) is 14.4. The first-order chi connectivity index (χ1) is 14.1. The van der Waals surface area contributed by atoms with Gasteiger partial charge in [-0.3, -0.25) is 9.59 Å². The first-order valence-electron chi connectivity index (χ1n) is 11.3. The van der Waals surface area contributed by atoms with Crippen LogP contribution in [0.2, 0.25) is 0 Å². The van der Waals surface area contributed by atoms with Crippen LogP contribution in [-0.4, -0.2) is 25.2 Å². The Kier molecular flexibility index (Phi) is 15.0. The molecule has 0 aromatic carbocycles. The van der Waals surface area contributed by atoms with Crippen LogP contribution in [0.4, 0.5) is 0 Å². The molecule has 172 valence electrons. The summed E-state index contributed by atoms with van der Waals surface area (Å²) < 4.78 is 10.3. The van der Waals surface area contributed by atoms with E-state index in [4.69, 9.17) is 9.47 Å². The summed E-state index contributed by atoms with van der Waals surface area (Å²) in [4.78, 5) is 23.9. The fourth-order valence-electron chi connectivity index (χ4n) is 3.16. The van der Waals surface area contributed by atoms with E-state index in [1.807, 2.05) is 20.8 Å². The number of methoxy groups -OCH3 is 1. The molecule has 1 unspecified atom stereocenters. The van der Waals surface area contributed by atoms with E-state index < -0.39 is 5.92 Å². The van der Waals surface area contributed by atoms with Gasteiger partial charge in [0, 0.05) is 0 Å². The number of carbonyl (C=O) groups excluding carboxylic acids is 2. The highest BCUT2D eigenvalue weighted by Crippen LogP contribution is 2.19. The third-order valence-corrected chi connectivity index (χ3v) is 5.22. The number of esters is 2. The van der Waals surface area contributed by atoms with Crippen LogP contribution in [0.3, 0.4) is 0 Å². The van der Waals surface area contributed by atoms with Crippen LogP contribution in [0.1, 0.15) is 93.4 Å². The molecule has 0 aromatic rings. The average molecular weight is 421 g/mol. The van der Waals surface area contributed by atoms with Gasteiger partial charge in [0.15, 0.2) is 0 Å². The predicted molar refractivity (Wildman–Crippen MR) is 125 cm³/mol. The molecule has 0 N–H and O–H groups in total. The molecule has 0 aliphatic heterocycles. The Hall–Kier alpha value is -1.84. The van der Waals surface area contributed by atoms with Gasteiger partial charge in [-0.1, -0.05) is 48.8 Å². The second-order valence-electron chi connectivity index (χ2n) is 8.92. The average Bonchev–Trinajstić information content (AvgIpc) is 2.64. The van der Waals surface area contributed by atoms with E-state index in [1.54, 1.807) is 0 Å². The first-order valence-corrected chi connectivity index (χ1v) is 11.3. The molecule has 30 heavy (non-hydrogen) atoms. The van der Waals surface area contributed by atoms with Gasteiger partial charge in [-0.15, -0.1) is 0 Å². The highest BCUT2D eigenvalue weighted by molar-refractivity contribution is 5.80. The van der Waals surface area contributed by atoms with Gasteiger partial charge in [-0.05, 0) is 79.1 Å². The summed E-state index contributed by atoms with van der Waals surface area (Å²) >= 11 is 0. The van der Waals surface area contributed by atoms with Crippen LogP contribution < -0.4 is 0 Å². The number of rotatable bonds is 14. The van der Waals surface area contributed by atoms with Crippen LogP contribution in [0, 0.1) is 11.8 Å². The normalized spacial score (nSPS) is 14.3. The molecule has 0 aliphatic carbocycles. The SMILES string of the molecule is COC(=O)[C@@H](CC(=O)OC(C)CC/C=C(\C)CC/C=C(\C)CCC=C(C)C)C(C)C. The van der Waals surface area contributed by atoms with Gasteiger partial charge in [-0.2, -0.15) is 0 Å². The molecule has 0 rings (SSSR count). The molecule has 0 aliphatic rings. The van der Waals surface area contributed by atoms with E-state index in [-0.39, 0.29) is 30.4 Å². The number of hydrogen-bond donors (Lipinski definition) is 0. The van der Waals surface area contributed by atoms with E-state index in [0.29, 0.717) is 0 Å². The zero-order valence-electron chi connectivity index (χ0n) is 20.5. The highest BCUT2D eigenvalue weighted by Gasteiger charge is 2.27. The Morgan fingerprint density at radius 1 is 0.833 bits per heavy atom. The van der Waals surface area contributed by atoms with Crippen molar-refractivity contribution in [2.45, 2.75) is 99.5 Å². The molecule has 4 nitrogen and oxygen atoms in total. The quantitative estimate of drug-likeness (QED) is 0.225. The van der Waals surface area contributed by atoms with Crippen molar-refractivity contribution in [1.29, 1.82) is 0 Å². The van der Waals surface area contributed by atoms with Crippen molar-refractivity contribution >= 4 is 11.9 Å². The maximum atomic E-state index is 12.1. The maximum Gasteiger partial charge on any atom is 0.309 e. The molecule has 0 aromatic heterocycles. The van der Waals surface area contributed by atoms with Crippen LogP contribution >= 0.6 is 0 Å². The molecular formula is C26H44O4. The van der Waals surface area contributed by atoms with Crippen LogP contribution in [0.25, 0.3) is 0 Å². The third kappa shape index (κ3) is 14.2. The van der Waals surface area contributed by atoms with Crippen molar-refractivity contribution in [3.05, 3.63) is 34.9 Å².